The van der Waals surface area contributed by atoms with Crippen LogP contribution in [0.1, 0.15) is 47.8 Å². The molecule has 2 heterocycles. The van der Waals surface area contributed by atoms with E-state index in [2.05, 4.69) is 20.5 Å². The van der Waals surface area contributed by atoms with Crippen LogP contribution in [0.5, 0.6) is 0 Å². The largest absolute Gasteiger partial charge is 0.337 e. The summed E-state index contributed by atoms with van der Waals surface area (Å²) in [6.07, 6.45) is 4.58. The Morgan fingerprint density at radius 1 is 1.24 bits per heavy atom. The molecule has 1 saturated carbocycles. The fourth-order valence-electron chi connectivity index (χ4n) is 3.28. The highest BCUT2D eigenvalue weighted by Gasteiger charge is 2.27. The van der Waals surface area contributed by atoms with Crippen LogP contribution in [0.25, 0.3) is 11.4 Å². The molecule has 1 aliphatic carbocycles. The summed E-state index contributed by atoms with van der Waals surface area (Å²) in [4.78, 5) is 19.2. The van der Waals surface area contributed by atoms with Gasteiger partial charge in [-0.3, -0.25) is 9.89 Å². The van der Waals surface area contributed by atoms with E-state index in [9.17, 15) is 4.79 Å². The minimum Gasteiger partial charge on any atom is -0.337 e. The number of hydrogen-bond acceptors (Lipinski definition) is 4. The van der Waals surface area contributed by atoms with Crippen LogP contribution in [0.2, 0.25) is 0 Å². The average Bonchev–Trinajstić information content (AvgIpc) is 3.38. The van der Waals surface area contributed by atoms with E-state index in [4.69, 9.17) is 0 Å². The number of nitrogens with one attached hydrogen (secondary N) is 2. The molecule has 2 aromatic rings. The first-order valence-corrected chi connectivity index (χ1v) is 8.74. The number of amides is 1. The molecule has 1 aromatic carbocycles. The number of carbonyl (C=O) groups excluding carboxylic acids is 1. The molecule has 0 spiro atoms. The summed E-state index contributed by atoms with van der Waals surface area (Å²) < 4.78 is 0. The van der Waals surface area contributed by atoms with Gasteiger partial charge in [-0.15, -0.1) is 12.4 Å². The van der Waals surface area contributed by atoms with Gasteiger partial charge < -0.3 is 10.2 Å². The number of likely N-dealkylation sites (tertiary alicyclic amines) is 1. The first kappa shape index (κ1) is 17.9. The minimum absolute atomic E-state index is 0. The molecule has 1 atom stereocenters. The number of aromatic amines is 1. The van der Waals surface area contributed by atoms with E-state index in [1.54, 1.807) is 0 Å². The Bertz CT molecular complexity index is 725. The zero-order valence-corrected chi connectivity index (χ0v) is 15.2. The number of aromatic nitrogens is 3. The number of carbonyl (C=O) groups is 1. The molecule has 2 aliphatic rings. The number of rotatable bonds is 4. The zero-order valence-electron chi connectivity index (χ0n) is 14.4. The van der Waals surface area contributed by atoms with Gasteiger partial charge >= 0.3 is 0 Å². The van der Waals surface area contributed by atoms with Crippen LogP contribution < -0.4 is 5.32 Å². The maximum absolute atomic E-state index is 12.7. The molecule has 6 nitrogen and oxygen atoms in total. The summed E-state index contributed by atoms with van der Waals surface area (Å²) in [5, 5.41) is 10.6. The van der Waals surface area contributed by atoms with Gasteiger partial charge in [-0.05, 0) is 44.9 Å². The van der Waals surface area contributed by atoms with Gasteiger partial charge in [0.15, 0.2) is 5.82 Å². The SMILES string of the molecule is CNC1CCCN(C(=O)c2ccc(-c3n[nH]c(C4CC4)n3)cc2)C1.Cl. The van der Waals surface area contributed by atoms with Gasteiger partial charge in [-0.25, -0.2) is 4.98 Å². The molecule has 0 radical (unpaired) electrons. The summed E-state index contributed by atoms with van der Waals surface area (Å²) in [5.74, 6) is 2.36. The van der Waals surface area contributed by atoms with Crippen molar-refractivity contribution in [3.05, 3.63) is 35.7 Å². The van der Waals surface area contributed by atoms with Crippen molar-refractivity contribution in [1.82, 2.24) is 25.4 Å². The highest BCUT2D eigenvalue weighted by Crippen LogP contribution is 2.38. The van der Waals surface area contributed by atoms with Gasteiger partial charge in [-0.2, -0.15) is 5.10 Å². The van der Waals surface area contributed by atoms with Crippen LogP contribution in [0.15, 0.2) is 24.3 Å². The molecule has 7 heteroatoms. The molecule has 1 aliphatic heterocycles. The lowest BCUT2D eigenvalue weighted by molar-refractivity contribution is 0.0698. The van der Waals surface area contributed by atoms with Gasteiger partial charge in [0.2, 0.25) is 0 Å². The molecule has 2 fully saturated rings. The number of H-pyrrole nitrogens is 1. The van der Waals surface area contributed by atoms with Crippen molar-refractivity contribution in [2.24, 2.45) is 0 Å². The number of likely N-dealkylation sites (N-methyl/N-ethyl adjacent to an activating group) is 1. The molecule has 1 aromatic heterocycles. The molecule has 4 rings (SSSR count). The lowest BCUT2D eigenvalue weighted by atomic mass is 10.0. The van der Waals surface area contributed by atoms with Crippen LogP contribution in [0, 0.1) is 0 Å². The number of hydrogen-bond donors (Lipinski definition) is 2. The molecular formula is C18H24ClN5O. The molecule has 134 valence electrons. The third-order valence-corrected chi connectivity index (χ3v) is 4.97. The molecule has 1 amide bonds. The zero-order chi connectivity index (χ0) is 16.5. The van der Waals surface area contributed by atoms with E-state index in [-0.39, 0.29) is 18.3 Å². The van der Waals surface area contributed by atoms with E-state index in [1.807, 2.05) is 36.2 Å². The van der Waals surface area contributed by atoms with Crippen LogP contribution in [0.3, 0.4) is 0 Å². The lowest BCUT2D eigenvalue weighted by Gasteiger charge is -2.32. The number of benzene rings is 1. The Kier molecular flexibility index (Phi) is 5.39. The van der Waals surface area contributed by atoms with E-state index >= 15 is 0 Å². The Labute approximate surface area is 153 Å². The Balaban J connectivity index is 0.00000182. The van der Waals surface area contributed by atoms with Crippen molar-refractivity contribution < 1.29 is 4.79 Å². The Morgan fingerprint density at radius 3 is 2.68 bits per heavy atom. The van der Waals surface area contributed by atoms with Crippen molar-refractivity contribution in [1.29, 1.82) is 0 Å². The quantitative estimate of drug-likeness (QED) is 0.877. The molecule has 25 heavy (non-hydrogen) atoms. The smallest absolute Gasteiger partial charge is 0.253 e. The number of halogens is 1. The van der Waals surface area contributed by atoms with E-state index < -0.39 is 0 Å². The van der Waals surface area contributed by atoms with Crippen LogP contribution in [-0.4, -0.2) is 52.2 Å². The van der Waals surface area contributed by atoms with E-state index in [0.717, 1.165) is 42.9 Å². The first-order valence-electron chi connectivity index (χ1n) is 8.74. The second-order valence-corrected chi connectivity index (χ2v) is 6.77. The number of nitrogens with zero attached hydrogens (tertiary/aromatic N) is 3. The van der Waals surface area contributed by atoms with Crippen LogP contribution in [0.4, 0.5) is 0 Å². The maximum Gasteiger partial charge on any atom is 0.253 e. The van der Waals surface area contributed by atoms with Gasteiger partial charge in [0.1, 0.15) is 5.82 Å². The van der Waals surface area contributed by atoms with Gasteiger partial charge in [0.25, 0.3) is 5.91 Å². The molecule has 1 saturated heterocycles. The maximum atomic E-state index is 12.7. The summed E-state index contributed by atoms with van der Waals surface area (Å²) in [7, 11) is 1.96. The highest BCUT2D eigenvalue weighted by atomic mass is 35.5. The highest BCUT2D eigenvalue weighted by molar-refractivity contribution is 5.94. The van der Waals surface area contributed by atoms with Gasteiger partial charge in [0, 0.05) is 36.2 Å². The van der Waals surface area contributed by atoms with Crippen LogP contribution in [-0.2, 0) is 0 Å². The summed E-state index contributed by atoms with van der Waals surface area (Å²) in [5.41, 5.74) is 1.68. The molecular weight excluding hydrogens is 338 g/mol. The van der Waals surface area contributed by atoms with Gasteiger partial charge in [-0.1, -0.05) is 12.1 Å². The summed E-state index contributed by atoms with van der Waals surface area (Å²) >= 11 is 0. The minimum atomic E-state index is 0. The van der Waals surface area contributed by atoms with Crippen molar-refractivity contribution in [2.75, 3.05) is 20.1 Å². The van der Waals surface area contributed by atoms with E-state index in [0.29, 0.717) is 17.8 Å². The Hall–Kier alpha value is -1.92. The van der Waals surface area contributed by atoms with Crippen molar-refractivity contribution >= 4 is 18.3 Å². The second-order valence-electron chi connectivity index (χ2n) is 6.77. The Morgan fingerprint density at radius 2 is 2.00 bits per heavy atom. The molecule has 2 N–H and O–H groups in total. The monoisotopic (exact) mass is 361 g/mol. The van der Waals surface area contributed by atoms with Crippen molar-refractivity contribution in [2.45, 2.75) is 37.6 Å². The van der Waals surface area contributed by atoms with E-state index in [1.165, 1.54) is 12.8 Å². The second kappa shape index (κ2) is 7.54. The fourth-order valence-corrected chi connectivity index (χ4v) is 3.28. The van der Waals surface area contributed by atoms with Crippen molar-refractivity contribution in [3.63, 3.8) is 0 Å². The summed E-state index contributed by atoms with van der Waals surface area (Å²) in [6.45, 7) is 1.62. The topological polar surface area (TPSA) is 73.9 Å². The predicted octanol–water partition coefficient (Wildman–Crippen LogP) is 2.59. The molecule has 1 unspecified atom stereocenters. The lowest BCUT2D eigenvalue weighted by Crippen LogP contribution is -2.46. The number of piperidine rings is 1. The average molecular weight is 362 g/mol. The van der Waals surface area contributed by atoms with Gasteiger partial charge in [0.05, 0.1) is 0 Å². The summed E-state index contributed by atoms with van der Waals surface area (Å²) in [6, 6.07) is 8.04. The third kappa shape index (κ3) is 3.85. The first-order chi connectivity index (χ1) is 11.7. The van der Waals surface area contributed by atoms with Crippen LogP contribution >= 0.6 is 12.4 Å². The molecule has 0 bridgehead atoms. The standard InChI is InChI=1S/C18H23N5O.ClH/c1-19-15-3-2-10-23(11-15)18(24)14-8-6-13(7-9-14)17-20-16(21-22-17)12-4-5-12;/h6-9,12,15,19H,2-5,10-11H2,1H3,(H,20,21,22);1H. The normalized spacial score (nSPS) is 20.2. The predicted molar refractivity (Wildman–Crippen MR) is 99.0 cm³/mol. The third-order valence-electron chi connectivity index (χ3n) is 4.97. The van der Waals surface area contributed by atoms with Crippen molar-refractivity contribution in [3.8, 4) is 11.4 Å². The fraction of sp³-hybridized carbons (Fsp3) is 0.500.